The Hall–Kier alpha value is -3.09. The summed E-state index contributed by atoms with van der Waals surface area (Å²) in [6, 6.07) is 8.02. The normalized spacial score (nSPS) is 10.7. The van der Waals surface area contributed by atoms with Crippen molar-refractivity contribution in [1.29, 1.82) is 0 Å². The van der Waals surface area contributed by atoms with Gasteiger partial charge in [0.2, 0.25) is 11.8 Å². The van der Waals surface area contributed by atoms with Crippen molar-refractivity contribution in [3.8, 4) is 0 Å². The average Bonchev–Trinajstić information content (AvgIpc) is 3.19. The predicted molar refractivity (Wildman–Crippen MR) is 91.5 cm³/mol. The van der Waals surface area contributed by atoms with E-state index in [4.69, 9.17) is 0 Å². The van der Waals surface area contributed by atoms with E-state index in [2.05, 4.69) is 20.7 Å². The van der Waals surface area contributed by atoms with E-state index in [9.17, 15) is 9.59 Å². The first-order valence-corrected chi connectivity index (χ1v) is 7.73. The molecule has 0 aliphatic rings. The summed E-state index contributed by atoms with van der Waals surface area (Å²) in [6.07, 6.45) is 6.15. The molecule has 2 aromatic heterocycles. The molecule has 0 atom stereocenters. The van der Waals surface area contributed by atoms with Crippen LogP contribution >= 0.6 is 0 Å². The van der Waals surface area contributed by atoms with E-state index in [-0.39, 0.29) is 18.4 Å². The number of nitrogens with zero attached hydrogens (tertiary/aromatic N) is 2. The first-order valence-electron chi connectivity index (χ1n) is 7.73. The highest BCUT2D eigenvalue weighted by Gasteiger charge is 2.09. The molecule has 2 heterocycles. The van der Waals surface area contributed by atoms with Gasteiger partial charge in [0, 0.05) is 36.8 Å². The van der Waals surface area contributed by atoms with E-state index in [0.717, 1.165) is 16.5 Å². The average molecular weight is 325 g/mol. The summed E-state index contributed by atoms with van der Waals surface area (Å²) < 4.78 is 1.48. The van der Waals surface area contributed by atoms with Crippen molar-refractivity contribution >= 4 is 28.4 Å². The Morgan fingerprint density at radius 3 is 2.92 bits per heavy atom. The quantitative estimate of drug-likeness (QED) is 0.644. The molecule has 3 rings (SSSR count). The molecule has 0 aliphatic heterocycles. The van der Waals surface area contributed by atoms with Gasteiger partial charge >= 0.3 is 0 Å². The van der Waals surface area contributed by atoms with Crippen LogP contribution < -0.4 is 10.6 Å². The number of nitrogens with one attached hydrogen (secondary N) is 3. The van der Waals surface area contributed by atoms with Gasteiger partial charge in [0.05, 0.1) is 11.9 Å². The molecule has 7 nitrogen and oxygen atoms in total. The van der Waals surface area contributed by atoms with Gasteiger partial charge in [-0.15, -0.1) is 0 Å². The van der Waals surface area contributed by atoms with Crippen molar-refractivity contribution in [3.63, 3.8) is 0 Å². The number of aromatic amines is 1. The fraction of sp³-hybridized carbons (Fsp3) is 0.235. The summed E-state index contributed by atoms with van der Waals surface area (Å²) in [6.45, 7) is 0.127. The molecule has 124 valence electrons. The van der Waals surface area contributed by atoms with Gasteiger partial charge in [-0.2, -0.15) is 5.10 Å². The van der Waals surface area contributed by atoms with Gasteiger partial charge in [0.1, 0.15) is 6.54 Å². The number of H-pyrrole nitrogens is 1. The largest absolute Gasteiger partial charge is 0.361 e. The van der Waals surface area contributed by atoms with Gasteiger partial charge in [-0.1, -0.05) is 18.2 Å². The number of rotatable bonds is 6. The first-order chi connectivity index (χ1) is 11.7. The lowest BCUT2D eigenvalue weighted by Crippen LogP contribution is -2.23. The van der Waals surface area contributed by atoms with Crippen LogP contribution in [-0.2, 0) is 22.6 Å². The molecule has 0 saturated carbocycles. The van der Waals surface area contributed by atoms with Gasteiger partial charge in [-0.25, -0.2) is 0 Å². The molecule has 0 bridgehead atoms. The molecule has 0 fully saturated rings. The molecular formula is C17H19N5O2. The number of para-hydroxylation sites is 1. The van der Waals surface area contributed by atoms with Gasteiger partial charge < -0.3 is 15.6 Å². The Kier molecular flexibility index (Phi) is 4.60. The molecule has 24 heavy (non-hydrogen) atoms. The third-order valence-corrected chi connectivity index (χ3v) is 3.80. The van der Waals surface area contributed by atoms with Crippen molar-refractivity contribution in [3.05, 3.63) is 48.4 Å². The lowest BCUT2D eigenvalue weighted by molar-refractivity contribution is -0.121. The van der Waals surface area contributed by atoms with Crippen LogP contribution in [0.2, 0.25) is 0 Å². The molecule has 0 aliphatic carbocycles. The second-order valence-corrected chi connectivity index (χ2v) is 5.51. The van der Waals surface area contributed by atoms with E-state index >= 15 is 0 Å². The maximum atomic E-state index is 12.1. The smallest absolute Gasteiger partial charge is 0.241 e. The van der Waals surface area contributed by atoms with E-state index in [1.165, 1.54) is 10.9 Å². The number of carbonyl (C=O) groups is 2. The third kappa shape index (κ3) is 3.62. The topological polar surface area (TPSA) is 91.8 Å². The zero-order valence-corrected chi connectivity index (χ0v) is 13.4. The molecule has 3 N–H and O–H groups in total. The zero-order chi connectivity index (χ0) is 16.9. The third-order valence-electron chi connectivity index (χ3n) is 3.80. The van der Waals surface area contributed by atoms with Crippen LogP contribution in [0, 0.1) is 0 Å². The van der Waals surface area contributed by atoms with Crippen LogP contribution in [0.5, 0.6) is 0 Å². The van der Waals surface area contributed by atoms with Gasteiger partial charge in [0.15, 0.2) is 0 Å². The maximum Gasteiger partial charge on any atom is 0.241 e. The number of aromatic nitrogens is 3. The molecule has 0 spiro atoms. The van der Waals surface area contributed by atoms with Crippen LogP contribution in [0.1, 0.15) is 12.0 Å². The van der Waals surface area contributed by atoms with Crippen LogP contribution in [0.25, 0.3) is 10.9 Å². The highest BCUT2D eigenvalue weighted by Crippen LogP contribution is 2.19. The highest BCUT2D eigenvalue weighted by atomic mass is 16.2. The summed E-state index contributed by atoms with van der Waals surface area (Å²) in [4.78, 5) is 26.6. The Labute approximate surface area is 139 Å². The van der Waals surface area contributed by atoms with Crippen molar-refractivity contribution < 1.29 is 9.59 Å². The monoisotopic (exact) mass is 325 g/mol. The minimum absolute atomic E-state index is 0.0835. The standard InChI is InChI=1S/C17H19N5O2/c1-18-17(24)11-22-10-13(9-20-22)21-16(23)7-6-12-8-19-15-5-3-2-4-14(12)15/h2-5,8-10,19H,6-7,11H2,1H3,(H,18,24)(H,21,23). The molecule has 2 amide bonds. The van der Waals surface area contributed by atoms with Gasteiger partial charge in [0.25, 0.3) is 0 Å². The number of amides is 2. The molecule has 0 saturated heterocycles. The van der Waals surface area contributed by atoms with Crippen molar-refractivity contribution in [2.45, 2.75) is 19.4 Å². The Bertz CT molecular complexity index is 865. The van der Waals surface area contributed by atoms with E-state index in [0.29, 0.717) is 18.5 Å². The lowest BCUT2D eigenvalue weighted by Gasteiger charge is -2.02. The molecular weight excluding hydrogens is 306 g/mol. The maximum absolute atomic E-state index is 12.1. The minimum atomic E-state index is -0.143. The Balaban J connectivity index is 1.55. The van der Waals surface area contributed by atoms with Crippen molar-refractivity contribution in [1.82, 2.24) is 20.1 Å². The van der Waals surface area contributed by atoms with E-state index in [1.807, 2.05) is 30.5 Å². The molecule has 0 radical (unpaired) electrons. The first kappa shape index (κ1) is 15.8. The molecule has 0 unspecified atom stereocenters. The summed E-state index contributed by atoms with van der Waals surface area (Å²) in [5, 5.41) is 10.5. The van der Waals surface area contributed by atoms with Crippen LogP contribution in [0.15, 0.2) is 42.9 Å². The fourth-order valence-corrected chi connectivity index (χ4v) is 2.55. The Morgan fingerprint density at radius 1 is 1.25 bits per heavy atom. The molecule has 1 aromatic carbocycles. The number of hydrogen-bond acceptors (Lipinski definition) is 3. The molecule has 7 heteroatoms. The second-order valence-electron chi connectivity index (χ2n) is 5.51. The van der Waals surface area contributed by atoms with Crippen molar-refractivity contribution in [2.75, 3.05) is 12.4 Å². The van der Waals surface area contributed by atoms with Gasteiger partial charge in [-0.05, 0) is 18.1 Å². The van der Waals surface area contributed by atoms with Crippen LogP contribution in [-0.4, -0.2) is 33.6 Å². The number of anilines is 1. The lowest BCUT2D eigenvalue weighted by atomic mass is 10.1. The highest BCUT2D eigenvalue weighted by molar-refractivity contribution is 5.91. The number of fused-ring (bicyclic) bond motifs is 1. The predicted octanol–water partition coefficient (Wildman–Crippen LogP) is 1.68. The number of hydrogen-bond donors (Lipinski definition) is 3. The number of likely N-dealkylation sites (N-methyl/N-ethyl adjacent to an activating group) is 1. The SMILES string of the molecule is CNC(=O)Cn1cc(NC(=O)CCc2c[nH]c3ccccc23)cn1. The zero-order valence-electron chi connectivity index (χ0n) is 13.4. The number of aryl methyl sites for hydroxylation is 1. The summed E-state index contributed by atoms with van der Waals surface area (Å²) in [7, 11) is 1.57. The number of carbonyl (C=O) groups excluding carboxylic acids is 2. The Morgan fingerprint density at radius 2 is 2.08 bits per heavy atom. The summed E-state index contributed by atoms with van der Waals surface area (Å²) >= 11 is 0. The van der Waals surface area contributed by atoms with Gasteiger partial charge in [-0.3, -0.25) is 14.3 Å². The summed E-state index contributed by atoms with van der Waals surface area (Å²) in [5.41, 5.74) is 2.78. The second kappa shape index (κ2) is 6.99. The fourth-order valence-electron chi connectivity index (χ4n) is 2.55. The minimum Gasteiger partial charge on any atom is -0.361 e. The van der Waals surface area contributed by atoms with E-state index < -0.39 is 0 Å². The number of benzene rings is 1. The molecule has 3 aromatic rings. The van der Waals surface area contributed by atoms with E-state index in [1.54, 1.807) is 13.2 Å². The van der Waals surface area contributed by atoms with Crippen molar-refractivity contribution in [2.24, 2.45) is 0 Å². The summed E-state index contributed by atoms with van der Waals surface area (Å²) in [5.74, 6) is -0.227. The van der Waals surface area contributed by atoms with Crippen LogP contribution in [0.3, 0.4) is 0 Å². The van der Waals surface area contributed by atoms with Crippen LogP contribution in [0.4, 0.5) is 5.69 Å².